The van der Waals surface area contributed by atoms with Gasteiger partial charge in [-0.1, -0.05) is 12.7 Å². The van der Waals surface area contributed by atoms with Gasteiger partial charge < -0.3 is 24.0 Å². The molecule has 2 amide bonds. The van der Waals surface area contributed by atoms with Crippen molar-refractivity contribution in [3.8, 4) is 5.75 Å². The van der Waals surface area contributed by atoms with Gasteiger partial charge in [0.15, 0.2) is 9.84 Å². The van der Waals surface area contributed by atoms with Gasteiger partial charge in [0.1, 0.15) is 23.2 Å². The molecule has 0 spiro atoms. The van der Waals surface area contributed by atoms with Gasteiger partial charge in [-0.05, 0) is 58.4 Å². The Labute approximate surface area is 201 Å². The lowest BCUT2D eigenvalue weighted by atomic mass is 10.1. The number of hydrogen-bond donors (Lipinski definition) is 0. The molecular weight excluding hydrogens is 460 g/mol. The fourth-order valence-corrected chi connectivity index (χ4v) is 5.63. The Morgan fingerprint density at radius 1 is 1.12 bits per heavy atom. The monoisotopic (exact) mass is 494 g/mol. The van der Waals surface area contributed by atoms with Crippen molar-refractivity contribution < 1.29 is 32.2 Å². The minimum atomic E-state index is -3.56. The van der Waals surface area contributed by atoms with Crippen LogP contribution in [0.15, 0.2) is 41.8 Å². The second kappa shape index (κ2) is 10.2. The topological polar surface area (TPSA) is 102 Å². The average molecular weight is 495 g/mol. The highest BCUT2D eigenvalue weighted by Gasteiger charge is 2.41. The molecule has 1 aromatic rings. The van der Waals surface area contributed by atoms with E-state index in [1.807, 2.05) is 27.7 Å². The molecule has 0 N–H and O–H groups in total. The van der Waals surface area contributed by atoms with E-state index in [9.17, 15) is 18.0 Å². The summed E-state index contributed by atoms with van der Waals surface area (Å²) in [5.41, 5.74) is -0.542. The van der Waals surface area contributed by atoms with Crippen LogP contribution < -0.4 is 4.74 Å². The van der Waals surface area contributed by atoms with E-state index in [-0.39, 0.29) is 42.6 Å². The Morgan fingerprint density at radius 3 is 2.35 bits per heavy atom. The number of sulfone groups is 1. The molecular formula is C24H34N2O7S. The number of amides is 2. The van der Waals surface area contributed by atoms with Gasteiger partial charge in [-0.3, -0.25) is 0 Å². The van der Waals surface area contributed by atoms with Crippen molar-refractivity contribution in [3.05, 3.63) is 36.9 Å². The van der Waals surface area contributed by atoms with E-state index in [1.54, 1.807) is 17.0 Å². The van der Waals surface area contributed by atoms with Crippen LogP contribution in [0.2, 0.25) is 0 Å². The lowest BCUT2D eigenvalue weighted by Gasteiger charge is -2.37. The molecule has 0 saturated carbocycles. The molecule has 9 nitrogen and oxygen atoms in total. The largest absolute Gasteiger partial charge is 0.493 e. The summed E-state index contributed by atoms with van der Waals surface area (Å²) in [6.45, 7) is 12.3. The first-order valence-electron chi connectivity index (χ1n) is 11.4. The Hall–Kier alpha value is -2.75. The summed E-state index contributed by atoms with van der Waals surface area (Å²) in [5, 5.41) is -0.658. The molecule has 0 aliphatic carbocycles. The minimum Gasteiger partial charge on any atom is -0.493 e. The molecule has 0 radical (unpaired) electrons. The highest BCUT2D eigenvalue weighted by atomic mass is 32.2. The highest BCUT2D eigenvalue weighted by Crippen LogP contribution is 2.28. The predicted octanol–water partition coefficient (Wildman–Crippen LogP) is 3.49. The zero-order valence-electron chi connectivity index (χ0n) is 20.2. The molecule has 2 aliphatic heterocycles. The fourth-order valence-electron chi connectivity index (χ4n) is 3.98. The number of benzene rings is 1. The van der Waals surface area contributed by atoms with Crippen LogP contribution in [-0.2, 0) is 19.3 Å². The molecule has 2 atom stereocenters. The molecule has 2 aliphatic rings. The van der Waals surface area contributed by atoms with Crippen LogP contribution >= 0.6 is 0 Å². The number of nitrogens with zero attached hydrogens (tertiary/aromatic N) is 2. The third-order valence-electron chi connectivity index (χ3n) is 5.80. The third-order valence-corrected chi connectivity index (χ3v) is 7.90. The van der Waals surface area contributed by atoms with E-state index in [1.165, 1.54) is 23.1 Å². The molecule has 10 heteroatoms. The molecule has 1 aromatic carbocycles. The summed E-state index contributed by atoms with van der Waals surface area (Å²) in [6.07, 6.45) is 1.40. The van der Waals surface area contributed by atoms with Crippen molar-refractivity contribution in [2.75, 3.05) is 32.8 Å². The summed E-state index contributed by atoms with van der Waals surface area (Å²) >= 11 is 0. The smallest absolute Gasteiger partial charge is 0.410 e. The first kappa shape index (κ1) is 25.9. The van der Waals surface area contributed by atoms with E-state index in [2.05, 4.69) is 6.58 Å². The molecule has 0 aromatic heterocycles. The van der Waals surface area contributed by atoms with Crippen molar-refractivity contribution in [3.63, 3.8) is 0 Å². The van der Waals surface area contributed by atoms with Gasteiger partial charge in [-0.25, -0.2) is 18.0 Å². The first-order chi connectivity index (χ1) is 15.9. The third kappa shape index (κ3) is 6.22. The Kier molecular flexibility index (Phi) is 7.80. The highest BCUT2D eigenvalue weighted by molar-refractivity contribution is 7.92. The van der Waals surface area contributed by atoms with Crippen LogP contribution in [0.3, 0.4) is 0 Å². The van der Waals surface area contributed by atoms with Gasteiger partial charge >= 0.3 is 12.2 Å². The Morgan fingerprint density at radius 2 is 1.76 bits per heavy atom. The quantitative estimate of drug-likeness (QED) is 0.535. The average Bonchev–Trinajstić information content (AvgIpc) is 3.09. The number of ether oxygens (including phenoxy) is 3. The second-order valence-electron chi connectivity index (χ2n) is 9.80. The van der Waals surface area contributed by atoms with Crippen molar-refractivity contribution in [2.24, 2.45) is 5.92 Å². The number of carbonyl (C=O) groups excluding carboxylic acids is 2. The molecule has 34 heavy (non-hydrogen) atoms. The maximum Gasteiger partial charge on any atom is 0.410 e. The van der Waals surface area contributed by atoms with Gasteiger partial charge in [0.2, 0.25) is 0 Å². The number of carbonyl (C=O) groups is 2. The van der Waals surface area contributed by atoms with E-state index in [0.717, 1.165) is 6.42 Å². The number of rotatable bonds is 7. The summed E-state index contributed by atoms with van der Waals surface area (Å²) in [6, 6.07) is 6.37. The van der Waals surface area contributed by atoms with Gasteiger partial charge in [0.05, 0.1) is 11.5 Å². The van der Waals surface area contributed by atoms with Gasteiger partial charge in [-0.2, -0.15) is 0 Å². The molecule has 3 rings (SSSR count). The Bertz CT molecular complexity index is 995. The molecule has 0 unspecified atom stereocenters. The van der Waals surface area contributed by atoms with E-state index < -0.39 is 26.8 Å². The van der Waals surface area contributed by atoms with Crippen LogP contribution in [-0.4, -0.2) is 80.1 Å². The molecule has 2 heterocycles. The SMILES string of the molecule is C=CCOC(=O)N1CC(S(=O)(=O)c2ccc(OC[C@H]3C[C@@H](C)N(C(=O)OC(C)(C)C)C3)cc2)C1. The molecule has 0 bridgehead atoms. The maximum atomic E-state index is 12.8. The lowest BCUT2D eigenvalue weighted by Crippen LogP contribution is -2.56. The molecule has 2 saturated heterocycles. The van der Waals surface area contributed by atoms with Gasteiger partial charge in [-0.15, -0.1) is 0 Å². The Balaban J connectivity index is 1.49. The van der Waals surface area contributed by atoms with E-state index in [0.29, 0.717) is 18.9 Å². The number of likely N-dealkylation sites (tertiary alicyclic amines) is 2. The summed E-state index contributed by atoms with van der Waals surface area (Å²) in [5.74, 6) is 0.721. The lowest BCUT2D eigenvalue weighted by molar-refractivity contribution is 0.0231. The van der Waals surface area contributed by atoms with Crippen LogP contribution in [0.4, 0.5) is 9.59 Å². The summed E-state index contributed by atoms with van der Waals surface area (Å²) in [4.78, 5) is 27.4. The van der Waals surface area contributed by atoms with Crippen LogP contribution in [0, 0.1) is 5.92 Å². The van der Waals surface area contributed by atoms with Crippen LogP contribution in [0.25, 0.3) is 0 Å². The van der Waals surface area contributed by atoms with Crippen LogP contribution in [0.1, 0.15) is 34.1 Å². The van der Waals surface area contributed by atoms with E-state index in [4.69, 9.17) is 14.2 Å². The van der Waals surface area contributed by atoms with Crippen molar-refractivity contribution in [1.29, 1.82) is 0 Å². The minimum absolute atomic E-state index is 0.0621. The molecule has 188 valence electrons. The second-order valence-corrected chi connectivity index (χ2v) is 12.0. The van der Waals surface area contributed by atoms with E-state index >= 15 is 0 Å². The van der Waals surface area contributed by atoms with Crippen molar-refractivity contribution in [1.82, 2.24) is 9.80 Å². The predicted molar refractivity (Wildman–Crippen MR) is 127 cm³/mol. The maximum absolute atomic E-state index is 12.8. The normalized spacial score (nSPS) is 21.1. The summed E-state index contributed by atoms with van der Waals surface area (Å²) < 4.78 is 41.9. The number of hydrogen-bond acceptors (Lipinski definition) is 7. The standard InChI is InChI=1S/C24H34N2O7S/c1-6-11-31-22(27)25-14-21(15-25)34(29,30)20-9-7-19(8-10-20)32-16-18-12-17(2)26(13-18)23(28)33-24(3,4)5/h6-10,17-18,21H,1,11-16H2,2-5H3/t17-,18+/m1/s1. The zero-order valence-corrected chi connectivity index (χ0v) is 21.0. The first-order valence-corrected chi connectivity index (χ1v) is 12.9. The van der Waals surface area contributed by atoms with Gasteiger partial charge in [0, 0.05) is 31.6 Å². The molecule has 2 fully saturated rings. The van der Waals surface area contributed by atoms with Crippen molar-refractivity contribution >= 4 is 22.0 Å². The zero-order chi connectivity index (χ0) is 25.1. The van der Waals surface area contributed by atoms with Crippen LogP contribution in [0.5, 0.6) is 5.75 Å². The summed E-state index contributed by atoms with van der Waals surface area (Å²) in [7, 11) is -3.56. The van der Waals surface area contributed by atoms with Crippen molar-refractivity contribution in [2.45, 2.75) is 55.9 Å². The fraction of sp³-hybridized carbons (Fsp3) is 0.583. The van der Waals surface area contributed by atoms with Gasteiger partial charge in [0.25, 0.3) is 0 Å².